The molecule has 0 heterocycles. The zero-order chi connectivity index (χ0) is 13.9. The number of carboxylic acid groups (broad SMARTS) is 1. The van der Waals surface area contributed by atoms with E-state index in [2.05, 4.69) is 32.9 Å². The average molecular weight is 249 g/mol. The van der Waals surface area contributed by atoms with Gasteiger partial charge < -0.3 is 10.8 Å². The molecule has 0 radical (unpaired) electrons. The van der Waals surface area contributed by atoms with Gasteiger partial charge in [-0.3, -0.25) is 4.79 Å². The van der Waals surface area contributed by atoms with Crippen LogP contribution >= 0.6 is 0 Å². The second-order valence-corrected chi connectivity index (χ2v) is 5.32. The Morgan fingerprint density at radius 2 is 2.06 bits per heavy atom. The molecule has 0 bridgehead atoms. The third-order valence-corrected chi connectivity index (χ3v) is 3.74. The van der Waals surface area contributed by atoms with Crippen LogP contribution in [0.2, 0.25) is 0 Å². The van der Waals surface area contributed by atoms with Crippen LogP contribution in [-0.4, -0.2) is 16.6 Å². The summed E-state index contributed by atoms with van der Waals surface area (Å²) in [4.78, 5) is 11.1. The Kier molecular flexibility index (Phi) is 4.52. The number of rotatable bonds is 5. The van der Waals surface area contributed by atoms with E-state index in [1.807, 2.05) is 6.07 Å². The summed E-state index contributed by atoms with van der Waals surface area (Å²) in [6, 6.07) is 6.17. The van der Waals surface area contributed by atoms with Crippen molar-refractivity contribution in [1.29, 1.82) is 0 Å². The molecule has 0 aromatic heterocycles. The van der Waals surface area contributed by atoms with E-state index in [0.29, 0.717) is 6.42 Å². The van der Waals surface area contributed by atoms with E-state index < -0.39 is 11.5 Å². The highest BCUT2D eigenvalue weighted by molar-refractivity contribution is 5.78. The second-order valence-electron chi connectivity index (χ2n) is 5.32. The van der Waals surface area contributed by atoms with Gasteiger partial charge in [0.25, 0.3) is 0 Å². The normalized spacial score (nSPS) is 16.1. The largest absolute Gasteiger partial charge is 0.480 e. The maximum atomic E-state index is 11.1. The van der Waals surface area contributed by atoms with E-state index in [-0.39, 0.29) is 5.92 Å². The van der Waals surface area contributed by atoms with Gasteiger partial charge in [0.2, 0.25) is 0 Å². The number of aliphatic carboxylic acids is 1. The summed E-state index contributed by atoms with van der Waals surface area (Å²) in [7, 11) is 0. The first kappa shape index (κ1) is 14.7. The van der Waals surface area contributed by atoms with Crippen molar-refractivity contribution in [3.63, 3.8) is 0 Å². The third kappa shape index (κ3) is 3.10. The molecule has 1 aromatic carbocycles. The lowest BCUT2D eigenvalue weighted by Gasteiger charge is -2.27. The zero-order valence-electron chi connectivity index (χ0n) is 11.7. The topological polar surface area (TPSA) is 63.3 Å². The standard InChI is InChI=1S/C15H23NO2/c1-5-12(9-15(4,16)14(17)18)13-8-6-7-10(2)11(13)3/h6-8,12H,5,9,16H2,1-4H3,(H,17,18). The van der Waals surface area contributed by atoms with E-state index >= 15 is 0 Å². The molecule has 0 aliphatic rings. The molecule has 3 N–H and O–H groups in total. The second kappa shape index (κ2) is 5.53. The minimum absolute atomic E-state index is 0.191. The van der Waals surface area contributed by atoms with Crippen LogP contribution in [0.1, 0.15) is 49.3 Å². The molecule has 0 aliphatic heterocycles. The monoisotopic (exact) mass is 249 g/mol. The third-order valence-electron chi connectivity index (χ3n) is 3.74. The van der Waals surface area contributed by atoms with Gasteiger partial charge in [-0.15, -0.1) is 0 Å². The van der Waals surface area contributed by atoms with Crippen molar-refractivity contribution in [2.75, 3.05) is 0 Å². The van der Waals surface area contributed by atoms with Crippen molar-refractivity contribution in [2.45, 2.75) is 52.0 Å². The molecule has 1 aromatic rings. The first-order valence-electron chi connectivity index (χ1n) is 6.38. The van der Waals surface area contributed by atoms with Gasteiger partial charge in [-0.2, -0.15) is 0 Å². The van der Waals surface area contributed by atoms with E-state index in [0.717, 1.165) is 6.42 Å². The lowest BCUT2D eigenvalue weighted by molar-refractivity contribution is -0.143. The van der Waals surface area contributed by atoms with E-state index in [9.17, 15) is 4.79 Å². The van der Waals surface area contributed by atoms with Crippen LogP contribution in [0.4, 0.5) is 0 Å². The summed E-state index contributed by atoms with van der Waals surface area (Å²) in [5, 5.41) is 9.13. The Bertz CT molecular complexity index is 438. The van der Waals surface area contributed by atoms with Crippen molar-refractivity contribution in [2.24, 2.45) is 5.73 Å². The van der Waals surface area contributed by atoms with Gasteiger partial charge in [0.15, 0.2) is 0 Å². The summed E-state index contributed by atoms with van der Waals surface area (Å²) < 4.78 is 0. The van der Waals surface area contributed by atoms with E-state index in [1.165, 1.54) is 16.7 Å². The predicted octanol–water partition coefficient (Wildman–Crippen LogP) is 2.99. The molecule has 3 heteroatoms. The number of hydrogen-bond acceptors (Lipinski definition) is 2. The first-order valence-corrected chi connectivity index (χ1v) is 6.38. The molecule has 1 rings (SSSR count). The highest BCUT2D eigenvalue weighted by atomic mass is 16.4. The number of aryl methyl sites for hydroxylation is 1. The molecule has 18 heavy (non-hydrogen) atoms. The fourth-order valence-electron chi connectivity index (χ4n) is 2.29. The SMILES string of the molecule is CCC(CC(C)(N)C(=O)O)c1cccc(C)c1C. The Morgan fingerprint density at radius 3 is 2.56 bits per heavy atom. The molecule has 0 saturated carbocycles. The number of hydrogen-bond donors (Lipinski definition) is 2. The minimum atomic E-state index is -1.17. The summed E-state index contributed by atoms with van der Waals surface area (Å²) >= 11 is 0. The van der Waals surface area contributed by atoms with Gasteiger partial charge >= 0.3 is 5.97 Å². The maximum Gasteiger partial charge on any atom is 0.323 e. The Balaban J connectivity index is 3.04. The molecule has 2 unspecified atom stereocenters. The first-order chi connectivity index (χ1) is 8.29. The van der Waals surface area contributed by atoms with Crippen molar-refractivity contribution >= 4 is 5.97 Å². The number of benzene rings is 1. The molecule has 0 spiro atoms. The van der Waals surface area contributed by atoms with Crippen LogP contribution in [0.3, 0.4) is 0 Å². The molecular formula is C15H23NO2. The van der Waals surface area contributed by atoms with Crippen LogP contribution < -0.4 is 5.73 Å². The number of nitrogens with two attached hydrogens (primary N) is 1. The van der Waals surface area contributed by atoms with Crippen LogP contribution in [0.15, 0.2) is 18.2 Å². The molecule has 100 valence electrons. The Morgan fingerprint density at radius 1 is 1.44 bits per heavy atom. The molecule has 0 amide bonds. The Labute approximate surface area is 109 Å². The van der Waals surface area contributed by atoms with Crippen molar-refractivity contribution in [3.05, 3.63) is 34.9 Å². The number of carbonyl (C=O) groups is 1. The molecule has 2 atom stereocenters. The van der Waals surface area contributed by atoms with Gasteiger partial charge in [-0.25, -0.2) is 0 Å². The van der Waals surface area contributed by atoms with Gasteiger partial charge in [0.1, 0.15) is 5.54 Å². The molecule has 0 aliphatic carbocycles. The zero-order valence-corrected chi connectivity index (χ0v) is 11.7. The van der Waals surface area contributed by atoms with Gasteiger partial charge in [-0.05, 0) is 56.2 Å². The van der Waals surface area contributed by atoms with E-state index in [4.69, 9.17) is 10.8 Å². The van der Waals surface area contributed by atoms with E-state index in [1.54, 1.807) is 6.92 Å². The maximum absolute atomic E-state index is 11.1. The highest BCUT2D eigenvalue weighted by Crippen LogP contribution is 2.31. The lowest BCUT2D eigenvalue weighted by Crippen LogP contribution is -2.46. The quantitative estimate of drug-likeness (QED) is 0.843. The van der Waals surface area contributed by atoms with Crippen molar-refractivity contribution in [3.8, 4) is 0 Å². The van der Waals surface area contributed by atoms with Crippen LogP contribution in [0.25, 0.3) is 0 Å². The summed E-state index contributed by atoms with van der Waals surface area (Å²) in [6.07, 6.45) is 1.35. The van der Waals surface area contributed by atoms with Gasteiger partial charge in [0.05, 0.1) is 0 Å². The molecule has 0 fully saturated rings. The highest BCUT2D eigenvalue weighted by Gasteiger charge is 2.31. The fraction of sp³-hybridized carbons (Fsp3) is 0.533. The van der Waals surface area contributed by atoms with Crippen LogP contribution in [0.5, 0.6) is 0 Å². The number of carboxylic acids is 1. The van der Waals surface area contributed by atoms with Gasteiger partial charge in [0, 0.05) is 0 Å². The van der Waals surface area contributed by atoms with Crippen LogP contribution in [0, 0.1) is 13.8 Å². The fourth-order valence-corrected chi connectivity index (χ4v) is 2.29. The van der Waals surface area contributed by atoms with Crippen LogP contribution in [-0.2, 0) is 4.79 Å². The summed E-state index contributed by atoms with van der Waals surface area (Å²) in [5.74, 6) is -0.748. The molecule has 0 saturated heterocycles. The van der Waals surface area contributed by atoms with Gasteiger partial charge in [-0.1, -0.05) is 25.1 Å². The van der Waals surface area contributed by atoms with Crippen molar-refractivity contribution in [1.82, 2.24) is 0 Å². The van der Waals surface area contributed by atoms with Crippen molar-refractivity contribution < 1.29 is 9.90 Å². The predicted molar refractivity (Wildman–Crippen MR) is 73.8 cm³/mol. The average Bonchev–Trinajstić information content (AvgIpc) is 2.30. The molecule has 3 nitrogen and oxygen atoms in total. The minimum Gasteiger partial charge on any atom is -0.480 e. The lowest BCUT2D eigenvalue weighted by atomic mass is 9.81. The Hall–Kier alpha value is -1.35. The smallest absolute Gasteiger partial charge is 0.323 e. The summed E-state index contributed by atoms with van der Waals surface area (Å²) in [6.45, 7) is 7.82. The summed E-state index contributed by atoms with van der Waals surface area (Å²) in [5.41, 5.74) is 8.39. The molecular weight excluding hydrogens is 226 g/mol.